The van der Waals surface area contributed by atoms with Crippen molar-refractivity contribution in [1.82, 2.24) is 4.98 Å². The van der Waals surface area contributed by atoms with E-state index in [-0.39, 0.29) is 5.97 Å². The van der Waals surface area contributed by atoms with Gasteiger partial charge in [-0.1, -0.05) is 57.2 Å². The molecule has 3 heteroatoms. The molecule has 0 unspecified atom stereocenters. The van der Waals surface area contributed by atoms with Crippen LogP contribution in [-0.4, -0.2) is 18.1 Å². The van der Waals surface area contributed by atoms with Gasteiger partial charge in [0, 0.05) is 17.5 Å². The minimum atomic E-state index is -0.119. The molecule has 0 aliphatic heterocycles. The van der Waals surface area contributed by atoms with Crippen molar-refractivity contribution in [3.8, 4) is 0 Å². The van der Waals surface area contributed by atoms with Crippen LogP contribution in [0.3, 0.4) is 0 Å². The molecule has 1 aromatic carbocycles. The molecule has 136 valence electrons. The predicted octanol–water partition coefficient (Wildman–Crippen LogP) is 5.94. The van der Waals surface area contributed by atoms with Crippen molar-refractivity contribution in [2.24, 2.45) is 0 Å². The number of aryl methyl sites for hydroxylation is 1. The van der Waals surface area contributed by atoms with Crippen LogP contribution in [-0.2, 0) is 9.53 Å². The van der Waals surface area contributed by atoms with E-state index in [0.717, 1.165) is 24.1 Å². The number of hydrogen-bond acceptors (Lipinski definition) is 3. The highest BCUT2D eigenvalue weighted by Crippen LogP contribution is 2.33. The second-order valence-electron chi connectivity index (χ2n) is 6.88. The van der Waals surface area contributed by atoms with Gasteiger partial charge < -0.3 is 4.74 Å². The molecule has 0 aliphatic rings. The maximum atomic E-state index is 11.7. The minimum absolute atomic E-state index is 0.119. The van der Waals surface area contributed by atoms with Crippen LogP contribution in [0.15, 0.2) is 30.3 Å². The van der Waals surface area contributed by atoms with Crippen LogP contribution in [0, 0.1) is 6.92 Å². The zero-order chi connectivity index (χ0) is 18.1. The van der Waals surface area contributed by atoms with Crippen LogP contribution in [0.4, 0.5) is 0 Å². The molecule has 0 bridgehead atoms. The fourth-order valence-electron chi connectivity index (χ4n) is 3.52. The average molecular weight is 341 g/mol. The minimum Gasteiger partial charge on any atom is -0.469 e. The molecule has 1 heterocycles. The van der Waals surface area contributed by atoms with Gasteiger partial charge >= 0.3 is 5.97 Å². The highest BCUT2D eigenvalue weighted by atomic mass is 16.5. The second kappa shape index (κ2) is 10.2. The number of carbonyl (C=O) groups excluding carboxylic acids is 1. The number of ether oxygens (including phenoxy) is 1. The summed E-state index contributed by atoms with van der Waals surface area (Å²) in [6.45, 7) is 4.29. The lowest BCUT2D eigenvalue weighted by molar-refractivity contribution is -0.140. The zero-order valence-electron chi connectivity index (χ0n) is 15.9. The Kier molecular flexibility index (Phi) is 7.90. The number of fused-ring (bicyclic) bond motifs is 1. The third-order valence-corrected chi connectivity index (χ3v) is 4.90. The van der Waals surface area contributed by atoms with Crippen molar-refractivity contribution >= 4 is 16.9 Å². The van der Waals surface area contributed by atoms with E-state index >= 15 is 0 Å². The molecule has 0 aliphatic carbocycles. The molecule has 2 rings (SSSR count). The van der Waals surface area contributed by atoms with Gasteiger partial charge in [0.1, 0.15) is 0 Å². The standard InChI is InChI=1S/C22H31NO2/c1-4-5-6-7-8-11-18(14-15-22(24)25-3)20-16-17(2)23-21-13-10-9-12-19(20)21/h9-10,12-13,16,18H,4-8,11,14-15H2,1-3H3/t18-/m0/s1. The summed E-state index contributed by atoms with van der Waals surface area (Å²) in [7, 11) is 1.47. The highest BCUT2D eigenvalue weighted by Gasteiger charge is 2.17. The summed E-state index contributed by atoms with van der Waals surface area (Å²) >= 11 is 0. The smallest absolute Gasteiger partial charge is 0.305 e. The molecule has 0 amide bonds. The van der Waals surface area contributed by atoms with E-state index in [4.69, 9.17) is 4.74 Å². The van der Waals surface area contributed by atoms with Crippen molar-refractivity contribution in [1.29, 1.82) is 0 Å². The molecular weight excluding hydrogens is 310 g/mol. The molecule has 1 atom stereocenters. The first-order valence-corrected chi connectivity index (χ1v) is 9.58. The summed E-state index contributed by atoms with van der Waals surface area (Å²) in [5, 5.41) is 1.22. The number of methoxy groups -OCH3 is 1. The number of para-hydroxylation sites is 1. The average Bonchev–Trinajstić information content (AvgIpc) is 2.63. The Labute approximate surface area is 151 Å². The van der Waals surface area contributed by atoms with Gasteiger partial charge in [-0.05, 0) is 43.4 Å². The lowest BCUT2D eigenvalue weighted by Crippen LogP contribution is -2.07. The number of hydrogen-bond donors (Lipinski definition) is 0. The summed E-state index contributed by atoms with van der Waals surface area (Å²) in [5.74, 6) is 0.262. The number of rotatable bonds is 10. The van der Waals surface area contributed by atoms with Gasteiger partial charge in [0.15, 0.2) is 0 Å². The molecule has 1 aromatic heterocycles. The van der Waals surface area contributed by atoms with Crippen molar-refractivity contribution in [3.63, 3.8) is 0 Å². The Morgan fingerprint density at radius 2 is 1.88 bits per heavy atom. The summed E-state index contributed by atoms with van der Waals surface area (Å²) in [4.78, 5) is 16.3. The first-order valence-electron chi connectivity index (χ1n) is 9.58. The van der Waals surface area contributed by atoms with Gasteiger partial charge in [-0.3, -0.25) is 9.78 Å². The number of esters is 1. The molecule has 3 nitrogen and oxygen atoms in total. The molecule has 2 aromatic rings. The lowest BCUT2D eigenvalue weighted by atomic mass is 9.86. The monoisotopic (exact) mass is 341 g/mol. The molecule has 0 saturated heterocycles. The van der Waals surface area contributed by atoms with E-state index in [1.165, 1.54) is 50.2 Å². The third-order valence-electron chi connectivity index (χ3n) is 4.90. The van der Waals surface area contributed by atoms with Gasteiger partial charge in [0.05, 0.1) is 12.6 Å². The van der Waals surface area contributed by atoms with E-state index < -0.39 is 0 Å². The number of nitrogens with zero attached hydrogens (tertiary/aromatic N) is 1. The van der Waals surface area contributed by atoms with Crippen LogP contribution < -0.4 is 0 Å². The number of unbranched alkanes of at least 4 members (excludes halogenated alkanes) is 4. The lowest BCUT2D eigenvalue weighted by Gasteiger charge is -2.19. The van der Waals surface area contributed by atoms with Crippen molar-refractivity contribution in [3.05, 3.63) is 41.6 Å². The quantitative estimate of drug-likeness (QED) is 0.396. The largest absolute Gasteiger partial charge is 0.469 e. The second-order valence-corrected chi connectivity index (χ2v) is 6.88. The molecule has 25 heavy (non-hydrogen) atoms. The molecule has 0 fully saturated rings. The summed E-state index contributed by atoms with van der Waals surface area (Å²) in [6, 6.07) is 10.5. The number of pyridine rings is 1. The third kappa shape index (κ3) is 5.84. The Balaban J connectivity index is 2.19. The summed E-state index contributed by atoms with van der Waals surface area (Å²) in [6.07, 6.45) is 8.79. The Bertz CT molecular complexity index is 681. The molecule has 0 N–H and O–H groups in total. The number of aromatic nitrogens is 1. The van der Waals surface area contributed by atoms with Crippen molar-refractivity contribution in [2.75, 3.05) is 7.11 Å². The van der Waals surface area contributed by atoms with Gasteiger partial charge in [0.25, 0.3) is 0 Å². The van der Waals surface area contributed by atoms with E-state index in [1.807, 2.05) is 6.07 Å². The zero-order valence-corrected chi connectivity index (χ0v) is 15.9. The van der Waals surface area contributed by atoms with Gasteiger partial charge in [-0.15, -0.1) is 0 Å². The summed E-state index contributed by atoms with van der Waals surface area (Å²) < 4.78 is 4.85. The Morgan fingerprint density at radius 1 is 1.12 bits per heavy atom. The maximum absolute atomic E-state index is 11.7. The Morgan fingerprint density at radius 3 is 2.64 bits per heavy atom. The van der Waals surface area contributed by atoms with Crippen LogP contribution in [0.25, 0.3) is 10.9 Å². The van der Waals surface area contributed by atoms with Crippen LogP contribution in [0.5, 0.6) is 0 Å². The van der Waals surface area contributed by atoms with Crippen LogP contribution in [0.1, 0.15) is 75.5 Å². The van der Waals surface area contributed by atoms with Crippen LogP contribution in [0.2, 0.25) is 0 Å². The number of carbonyl (C=O) groups is 1. The van der Waals surface area contributed by atoms with E-state index in [0.29, 0.717) is 12.3 Å². The van der Waals surface area contributed by atoms with Gasteiger partial charge in [0.2, 0.25) is 0 Å². The topological polar surface area (TPSA) is 39.2 Å². The fourth-order valence-corrected chi connectivity index (χ4v) is 3.52. The number of benzene rings is 1. The molecule has 0 spiro atoms. The van der Waals surface area contributed by atoms with E-state index in [9.17, 15) is 4.79 Å². The molecule has 0 radical (unpaired) electrons. The van der Waals surface area contributed by atoms with Crippen molar-refractivity contribution in [2.45, 2.75) is 71.1 Å². The molecule has 0 saturated carbocycles. The predicted molar refractivity (Wildman–Crippen MR) is 104 cm³/mol. The van der Waals surface area contributed by atoms with E-state index in [1.54, 1.807) is 0 Å². The van der Waals surface area contributed by atoms with Gasteiger partial charge in [-0.2, -0.15) is 0 Å². The normalized spacial score (nSPS) is 12.3. The fraction of sp³-hybridized carbons (Fsp3) is 0.545. The van der Waals surface area contributed by atoms with Crippen LogP contribution >= 0.6 is 0 Å². The maximum Gasteiger partial charge on any atom is 0.305 e. The summed E-state index contributed by atoms with van der Waals surface area (Å²) in [5.41, 5.74) is 3.43. The first kappa shape index (κ1) is 19.4. The first-order chi connectivity index (χ1) is 12.2. The SMILES string of the molecule is CCCCCCC[C@@H](CCC(=O)OC)c1cc(C)nc2ccccc12. The van der Waals surface area contributed by atoms with E-state index in [2.05, 4.69) is 43.1 Å². The van der Waals surface area contributed by atoms with Crippen molar-refractivity contribution < 1.29 is 9.53 Å². The molecular formula is C22H31NO2. The highest BCUT2D eigenvalue weighted by molar-refractivity contribution is 5.83. The Hall–Kier alpha value is -1.90. The van der Waals surface area contributed by atoms with Gasteiger partial charge in [-0.25, -0.2) is 0 Å².